The van der Waals surface area contributed by atoms with Gasteiger partial charge in [-0.2, -0.15) is 0 Å². The molecule has 0 aliphatic heterocycles. The quantitative estimate of drug-likeness (QED) is 0.524. The number of rotatable bonds is 6. The van der Waals surface area contributed by atoms with Crippen LogP contribution in [-0.2, 0) is 12.8 Å². The highest BCUT2D eigenvalue weighted by molar-refractivity contribution is 5.35. The highest BCUT2D eigenvalue weighted by atomic mass is 16.5. The second-order valence-corrected chi connectivity index (χ2v) is 8.26. The topological polar surface area (TPSA) is 9.23 Å². The van der Waals surface area contributed by atoms with Gasteiger partial charge in [0.2, 0.25) is 0 Å². The lowest BCUT2D eigenvalue weighted by atomic mass is 9.86. The fraction of sp³-hybridized carbons (Fsp3) is 0.385. The third kappa shape index (κ3) is 6.88. The largest absolute Gasteiger partial charge is 0.457 e. The third-order valence-corrected chi connectivity index (χ3v) is 4.30. The SMILES string of the molecule is CC#CC(C)(C)Cc1ccc(Oc2ccc(CC(C)(C)C#CC)cc2)cc1. The van der Waals surface area contributed by atoms with E-state index in [1.54, 1.807) is 0 Å². The van der Waals surface area contributed by atoms with Crippen LogP contribution in [0.5, 0.6) is 11.5 Å². The molecule has 0 amide bonds. The summed E-state index contributed by atoms with van der Waals surface area (Å²) in [4.78, 5) is 0. The third-order valence-electron chi connectivity index (χ3n) is 4.30. The van der Waals surface area contributed by atoms with Gasteiger partial charge in [-0.1, -0.05) is 36.1 Å². The summed E-state index contributed by atoms with van der Waals surface area (Å²) in [6.45, 7) is 12.5. The number of hydrogen-bond acceptors (Lipinski definition) is 1. The van der Waals surface area contributed by atoms with Gasteiger partial charge in [0, 0.05) is 10.8 Å². The maximum Gasteiger partial charge on any atom is 0.127 e. The molecule has 140 valence electrons. The Morgan fingerprint density at radius 3 is 1.26 bits per heavy atom. The van der Waals surface area contributed by atoms with Gasteiger partial charge >= 0.3 is 0 Å². The van der Waals surface area contributed by atoms with Crippen LogP contribution in [0.3, 0.4) is 0 Å². The van der Waals surface area contributed by atoms with E-state index in [9.17, 15) is 0 Å². The molecule has 2 aromatic rings. The zero-order valence-corrected chi connectivity index (χ0v) is 17.4. The molecular weight excluding hydrogens is 328 g/mol. The van der Waals surface area contributed by atoms with Gasteiger partial charge in [0.15, 0.2) is 0 Å². The predicted octanol–water partition coefficient (Wildman–Crippen LogP) is 6.66. The Balaban J connectivity index is 2.00. The first-order valence-electron chi connectivity index (χ1n) is 9.47. The molecule has 1 nitrogen and oxygen atoms in total. The highest BCUT2D eigenvalue weighted by Crippen LogP contribution is 2.27. The number of hydrogen-bond donors (Lipinski definition) is 0. The van der Waals surface area contributed by atoms with Crippen LogP contribution in [0, 0.1) is 34.5 Å². The van der Waals surface area contributed by atoms with Gasteiger partial charge in [0.05, 0.1) is 0 Å². The molecule has 0 radical (unpaired) electrons. The normalized spacial score (nSPS) is 11.0. The number of benzene rings is 2. The van der Waals surface area contributed by atoms with E-state index in [-0.39, 0.29) is 10.8 Å². The van der Waals surface area contributed by atoms with Crippen LogP contribution in [0.25, 0.3) is 0 Å². The lowest BCUT2D eigenvalue weighted by molar-refractivity contribution is 0.477. The van der Waals surface area contributed by atoms with Crippen molar-refractivity contribution in [2.75, 3.05) is 0 Å². The molecule has 0 atom stereocenters. The summed E-state index contributed by atoms with van der Waals surface area (Å²) in [6.07, 6.45) is 1.86. The van der Waals surface area contributed by atoms with Gasteiger partial charge in [-0.25, -0.2) is 0 Å². The van der Waals surface area contributed by atoms with Crippen molar-refractivity contribution >= 4 is 0 Å². The summed E-state index contributed by atoms with van der Waals surface area (Å²) >= 11 is 0. The molecule has 27 heavy (non-hydrogen) atoms. The minimum Gasteiger partial charge on any atom is -0.457 e. The maximum atomic E-state index is 5.99. The van der Waals surface area contributed by atoms with E-state index in [0.29, 0.717) is 0 Å². The molecule has 0 unspecified atom stereocenters. The molecule has 1 heteroatoms. The van der Waals surface area contributed by atoms with Crippen LogP contribution in [0.15, 0.2) is 48.5 Å². The average Bonchev–Trinajstić information content (AvgIpc) is 2.57. The minimum atomic E-state index is -0.0110. The molecule has 0 aliphatic rings. The molecule has 0 N–H and O–H groups in total. The van der Waals surface area contributed by atoms with Crippen LogP contribution in [0.4, 0.5) is 0 Å². The lowest BCUT2D eigenvalue weighted by Crippen LogP contribution is -2.12. The monoisotopic (exact) mass is 358 g/mol. The maximum absolute atomic E-state index is 5.99. The van der Waals surface area contributed by atoms with Crippen molar-refractivity contribution in [3.05, 3.63) is 59.7 Å². The molecule has 0 aromatic heterocycles. The molecule has 2 rings (SSSR count). The van der Waals surface area contributed by atoms with E-state index in [1.807, 2.05) is 38.1 Å². The summed E-state index contributed by atoms with van der Waals surface area (Å²) in [5, 5.41) is 0. The molecular formula is C26H30O. The van der Waals surface area contributed by atoms with Crippen LogP contribution in [0.2, 0.25) is 0 Å². The Labute approximate surface area is 165 Å². The molecule has 0 fully saturated rings. The second-order valence-electron chi connectivity index (χ2n) is 8.26. The minimum absolute atomic E-state index is 0.0110. The summed E-state index contributed by atoms with van der Waals surface area (Å²) in [6, 6.07) is 16.6. The first-order valence-corrected chi connectivity index (χ1v) is 9.47. The van der Waals surface area contributed by atoms with Gasteiger partial charge in [0.25, 0.3) is 0 Å². The Morgan fingerprint density at radius 1 is 0.630 bits per heavy atom. The van der Waals surface area contributed by atoms with E-state index >= 15 is 0 Å². The zero-order valence-electron chi connectivity index (χ0n) is 17.4. The standard InChI is InChI=1S/C26H30O/c1-7-17-25(3,4)19-21-9-13-23(14-10-21)27-24-15-11-22(12-16-24)20-26(5,6)18-8-2/h9-16H,19-20H2,1-6H3. The van der Waals surface area contributed by atoms with Gasteiger partial charge in [0.1, 0.15) is 11.5 Å². The fourth-order valence-corrected chi connectivity index (χ4v) is 3.27. The van der Waals surface area contributed by atoms with E-state index in [0.717, 1.165) is 24.3 Å². The zero-order chi connectivity index (χ0) is 19.9. The van der Waals surface area contributed by atoms with E-state index in [2.05, 4.69) is 75.6 Å². The molecule has 0 heterocycles. The van der Waals surface area contributed by atoms with Gasteiger partial charge in [-0.15, -0.1) is 11.8 Å². The first-order chi connectivity index (χ1) is 12.7. The summed E-state index contributed by atoms with van der Waals surface area (Å²) in [5.74, 6) is 14.3. The van der Waals surface area contributed by atoms with Crippen molar-refractivity contribution < 1.29 is 4.74 Å². The number of ether oxygens (including phenoxy) is 1. The first kappa shape index (κ1) is 20.7. The van der Waals surface area contributed by atoms with Crippen molar-refractivity contribution in [3.8, 4) is 35.2 Å². The smallest absolute Gasteiger partial charge is 0.127 e. The van der Waals surface area contributed by atoms with E-state index < -0.39 is 0 Å². The lowest BCUT2D eigenvalue weighted by Gasteiger charge is -2.18. The summed E-state index contributed by atoms with van der Waals surface area (Å²) < 4.78 is 5.99. The second kappa shape index (κ2) is 8.83. The van der Waals surface area contributed by atoms with Crippen LogP contribution in [0.1, 0.15) is 52.7 Å². The molecule has 0 aliphatic carbocycles. The van der Waals surface area contributed by atoms with Crippen molar-refractivity contribution in [1.29, 1.82) is 0 Å². The summed E-state index contributed by atoms with van der Waals surface area (Å²) in [7, 11) is 0. The Bertz CT molecular complexity index is 785. The fourth-order valence-electron chi connectivity index (χ4n) is 3.27. The molecule has 2 aromatic carbocycles. The Hall–Kier alpha value is -2.64. The van der Waals surface area contributed by atoms with E-state index in [1.165, 1.54) is 11.1 Å². The highest BCUT2D eigenvalue weighted by Gasteiger charge is 2.16. The average molecular weight is 359 g/mol. The molecule has 0 saturated carbocycles. The van der Waals surface area contributed by atoms with Crippen molar-refractivity contribution in [2.45, 2.75) is 54.4 Å². The summed E-state index contributed by atoms with van der Waals surface area (Å²) in [5.41, 5.74) is 2.51. The molecule has 0 saturated heterocycles. The van der Waals surface area contributed by atoms with Crippen molar-refractivity contribution in [3.63, 3.8) is 0 Å². The van der Waals surface area contributed by atoms with Crippen LogP contribution < -0.4 is 4.74 Å². The molecule has 0 spiro atoms. The van der Waals surface area contributed by atoms with Crippen LogP contribution in [-0.4, -0.2) is 0 Å². The Kier molecular flexibility index (Phi) is 6.76. The Morgan fingerprint density at radius 2 is 0.963 bits per heavy atom. The predicted molar refractivity (Wildman–Crippen MR) is 115 cm³/mol. The van der Waals surface area contributed by atoms with Crippen LogP contribution >= 0.6 is 0 Å². The van der Waals surface area contributed by atoms with Gasteiger partial charge < -0.3 is 4.74 Å². The van der Waals surface area contributed by atoms with Gasteiger partial charge in [-0.05, 0) is 89.8 Å². The van der Waals surface area contributed by atoms with Gasteiger partial charge in [-0.3, -0.25) is 0 Å². The molecule has 0 bridgehead atoms. The van der Waals surface area contributed by atoms with E-state index in [4.69, 9.17) is 4.74 Å². The van der Waals surface area contributed by atoms with Crippen molar-refractivity contribution in [1.82, 2.24) is 0 Å². The van der Waals surface area contributed by atoms with Crippen molar-refractivity contribution in [2.24, 2.45) is 10.8 Å².